The lowest BCUT2D eigenvalue weighted by molar-refractivity contribution is -0.116. The lowest BCUT2D eigenvalue weighted by Crippen LogP contribution is -2.12. The Morgan fingerprint density at radius 2 is 1.70 bits per heavy atom. The average Bonchev–Trinajstić information content (AvgIpc) is 2.87. The number of hydrogen-bond acceptors (Lipinski definition) is 4. The quantitative estimate of drug-likeness (QED) is 0.827. The van der Waals surface area contributed by atoms with Crippen molar-refractivity contribution in [2.24, 2.45) is 0 Å². The van der Waals surface area contributed by atoms with E-state index in [4.69, 9.17) is 4.42 Å². The number of carbonyl (C=O) groups is 3. The normalized spacial score (nSPS) is 10.4. The van der Waals surface area contributed by atoms with Crippen LogP contribution in [0.4, 0.5) is 5.69 Å². The van der Waals surface area contributed by atoms with Gasteiger partial charge in [0.25, 0.3) is 0 Å². The molecule has 2 aromatic rings. The van der Waals surface area contributed by atoms with E-state index in [-0.39, 0.29) is 23.9 Å². The third-order valence-corrected chi connectivity index (χ3v) is 3.52. The molecule has 0 aliphatic carbocycles. The first kappa shape index (κ1) is 16.7. The summed E-state index contributed by atoms with van der Waals surface area (Å²) in [5, 5.41) is 2.76. The molecule has 1 N–H and O–H groups in total. The highest BCUT2D eigenvalue weighted by atomic mass is 16.3. The maximum atomic E-state index is 11.9. The number of Topliss-reactive ketones (excluding diaryl/α,β-unsaturated/α-hetero) is 2. The minimum absolute atomic E-state index is 0.0164. The Morgan fingerprint density at radius 3 is 2.22 bits per heavy atom. The molecule has 1 aromatic heterocycles. The standard InChI is InChI=1S/C18H19NO4/c1-11(20)14-4-6-15(7-5-14)19-18(22)9-8-16-10-17(12(2)21)13(3)23-16/h4-7,10H,8-9H2,1-3H3,(H,19,22). The largest absolute Gasteiger partial charge is 0.466 e. The first-order chi connectivity index (χ1) is 10.9. The molecule has 1 aromatic carbocycles. The topological polar surface area (TPSA) is 76.4 Å². The summed E-state index contributed by atoms with van der Waals surface area (Å²) < 4.78 is 5.48. The van der Waals surface area contributed by atoms with Crippen LogP contribution in [0.1, 0.15) is 52.5 Å². The molecule has 2 rings (SSSR count). The number of hydrogen-bond donors (Lipinski definition) is 1. The van der Waals surface area contributed by atoms with Gasteiger partial charge in [0.05, 0.1) is 5.56 Å². The summed E-state index contributed by atoms with van der Waals surface area (Å²) in [6.45, 7) is 4.71. The van der Waals surface area contributed by atoms with Crippen molar-refractivity contribution in [3.05, 3.63) is 53.0 Å². The monoisotopic (exact) mass is 313 g/mol. The predicted molar refractivity (Wildman–Crippen MR) is 86.8 cm³/mol. The van der Waals surface area contributed by atoms with Gasteiger partial charge in [-0.05, 0) is 51.1 Å². The molecule has 1 heterocycles. The molecule has 1 amide bonds. The molecule has 0 aliphatic rings. The Bertz CT molecular complexity index is 741. The van der Waals surface area contributed by atoms with E-state index < -0.39 is 0 Å². The lowest BCUT2D eigenvalue weighted by Gasteiger charge is -2.05. The van der Waals surface area contributed by atoms with E-state index >= 15 is 0 Å². The number of furan rings is 1. The fraction of sp³-hybridized carbons (Fsp3) is 0.278. The molecule has 0 atom stereocenters. The molecular formula is C18H19NO4. The highest BCUT2D eigenvalue weighted by molar-refractivity contribution is 5.96. The first-order valence-electron chi connectivity index (χ1n) is 7.38. The summed E-state index contributed by atoms with van der Waals surface area (Å²) in [6.07, 6.45) is 0.671. The van der Waals surface area contributed by atoms with Gasteiger partial charge >= 0.3 is 0 Å². The van der Waals surface area contributed by atoms with Crippen LogP contribution in [0.3, 0.4) is 0 Å². The summed E-state index contributed by atoms with van der Waals surface area (Å²) in [4.78, 5) is 34.5. The second-order valence-corrected chi connectivity index (χ2v) is 5.42. The molecule has 0 unspecified atom stereocenters. The maximum Gasteiger partial charge on any atom is 0.224 e. The van der Waals surface area contributed by atoms with E-state index in [9.17, 15) is 14.4 Å². The molecule has 120 valence electrons. The fourth-order valence-electron chi connectivity index (χ4n) is 2.26. The zero-order valence-corrected chi connectivity index (χ0v) is 13.4. The molecular weight excluding hydrogens is 294 g/mol. The van der Waals surface area contributed by atoms with E-state index in [2.05, 4.69) is 5.32 Å². The van der Waals surface area contributed by atoms with Crippen LogP contribution in [0.25, 0.3) is 0 Å². The average molecular weight is 313 g/mol. The van der Waals surface area contributed by atoms with Gasteiger partial charge in [-0.1, -0.05) is 0 Å². The van der Waals surface area contributed by atoms with Crippen molar-refractivity contribution >= 4 is 23.2 Å². The summed E-state index contributed by atoms with van der Waals surface area (Å²) in [6, 6.07) is 8.42. The zero-order chi connectivity index (χ0) is 17.0. The second-order valence-electron chi connectivity index (χ2n) is 5.42. The maximum absolute atomic E-state index is 11.9. The van der Waals surface area contributed by atoms with Gasteiger partial charge in [-0.3, -0.25) is 14.4 Å². The van der Waals surface area contributed by atoms with Crippen molar-refractivity contribution in [2.45, 2.75) is 33.6 Å². The van der Waals surface area contributed by atoms with Crippen LogP contribution in [0, 0.1) is 6.92 Å². The Labute approximate surface area is 134 Å². The van der Waals surface area contributed by atoms with E-state index in [0.717, 1.165) is 0 Å². The van der Waals surface area contributed by atoms with Crippen molar-refractivity contribution in [1.82, 2.24) is 0 Å². The smallest absolute Gasteiger partial charge is 0.224 e. The third-order valence-electron chi connectivity index (χ3n) is 3.52. The van der Waals surface area contributed by atoms with Crippen LogP contribution in [0.5, 0.6) is 0 Å². The number of anilines is 1. The molecule has 5 nitrogen and oxygen atoms in total. The second kappa shape index (κ2) is 7.05. The van der Waals surface area contributed by atoms with Crippen LogP contribution in [0.2, 0.25) is 0 Å². The minimum Gasteiger partial charge on any atom is -0.466 e. The molecule has 0 spiro atoms. The predicted octanol–water partition coefficient (Wildman–Crippen LogP) is 3.56. The Balaban J connectivity index is 1.91. The highest BCUT2D eigenvalue weighted by Gasteiger charge is 2.12. The van der Waals surface area contributed by atoms with Gasteiger partial charge in [-0.2, -0.15) is 0 Å². The molecule has 0 saturated heterocycles. The van der Waals surface area contributed by atoms with E-state index in [1.165, 1.54) is 13.8 Å². The summed E-state index contributed by atoms with van der Waals surface area (Å²) in [5.74, 6) is 0.978. The summed E-state index contributed by atoms with van der Waals surface area (Å²) >= 11 is 0. The molecule has 0 radical (unpaired) electrons. The van der Waals surface area contributed by atoms with E-state index in [1.807, 2.05) is 0 Å². The molecule has 5 heteroatoms. The molecule has 0 saturated carbocycles. The van der Waals surface area contributed by atoms with E-state index in [1.54, 1.807) is 37.3 Å². The van der Waals surface area contributed by atoms with Gasteiger partial charge in [0.15, 0.2) is 11.6 Å². The van der Waals surface area contributed by atoms with E-state index in [0.29, 0.717) is 34.8 Å². The number of nitrogens with one attached hydrogen (secondary N) is 1. The van der Waals surface area contributed by atoms with Crippen molar-refractivity contribution in [3.8, 4) is 0 Å². The highest BCUT2D eigenvalue weighted by Crippen LogP contribution is 2.17. The van der Waals surface area contributed by atoms with Crippen LogP contribution in [-0.2, 0) is 11.2 Å². The van der Waals surface area contributed by atoms with Crippen molar-refractivity contribution in [3.63, 3.8) is 0 Å². The summed E-state index contributed by atoms with van der Waals surface area (Å²) in [5.41, 5.74) is 1.80. The minimum atomic E-state index is -0.154. The lowest BCUT2D eigenvalue weighted by atomic mass is 10.1. The first-order valence-corrected chi connectivity index (χ1v) is 7.38. The molecule has 0 fully saturated rings. The van der Waals surface area contributed by atoms with Gasteiger partial charge in [0.2, 0.25) is 5.91 Å². The fourth-order valence-corrected chi connectivity index (χ4v) is 2.26. The SMILES string of the molecule is CC(=O)c1ccc(NC(=O)CCc2cc(C(C)=O)c(C)o2)cc1. The molecule has 0 aliphatic heterocycles. The molecule has 0 bridgehead atoms. The van der Waals surface area contributed by atoms with Gasteiger partial charge < -0.3 is 9.73 Å². The summed E-state index contributed by atoms with van der Waals surface area (Å²) in [7, 11) is 0. The van der Waals surface area contributed by atoms with Gasteiger partial charge in [-0.25, -0.2) is 0 Å². The van der Waals surface area contributed by atoms with Crippen molar-refractivity contribution < 1.29 is 18.8 Å². The van der Waals surface area contributed by atoms with Gasteiger partial charge in [0.1, 0.15) is 11.5 Å². The van der Waals surface area contributed by atoms with Crippen LogP contribution >= 0.6 is 0 Å². The number of amides is 1. The Morgan fingerprint density at radius 1 is 1.04 bits per heavy atom. The number of benzene rings is 1. The number of aryl methyl sites for hydroxylation is 2. The number of rotatable bonds is 6. The molecule has 23 heavy (non-hydrogen) atoms. The van der Waals surface area contributed by atoms with Crippen LogP contribution in [0.15, 0.2) is 34.7 Å². The Kier molecular flexibility index (Phi) is 5.11. The number of ketones is 2. The van der Waals surface area contributed by atoms with Crippen molar-refractivity contribution in [2.75, 3.05) is 5.32 Å². The van der Waals surface area contributed by atoms with Crippen LogP contribution < -0.4 is 5.32 Å². The number of carbonyl (C=O) groups excluding carboxylic acids is 3. The Hall–Kier alpha value is -2.69. The van der Waals surface area contributed by atoms with Crippen molar-refractivity contribution in [1.29, 1.82) is 0 Å². The van der Waals surface area contributed by atoms with Gasteiger partial charge in [0, 0.05) is 24.1 Å². The van der Waals surface area contributed by atoms with Crippen LogP contribution in [-0.4, -0.2) is 17.5 Å². The van der Waals surface area contributed by atoms with Gasteiger partial charge in [-0.15, -0.1) is 0 Å². The third kappa shape index (κ3) is 4.39. The zero-order valence-electron chi connectivity index (χ0n) is 13.4.